The van der Waals surface area contributed by atoms with Crippen LogP contribution in [0.3, 0.4) is 0 Å². The van der Waals surface area contributed by atoms with Crippen LogP contribution in [-0.4, -0.2) is 88.5 Å². The summed E-state index contributed by atoms with van der Waals surface area (Å²) in [6.07, 6.45) is 7.14. The van der Waals surface area contributed by atoms with Crippen molar-refractivity contribution >= 4 is 40.1 Å². The number of likely N-dealkylation sites (tertiary alicyclic amines) is 1. The fourth-order valence-corrected chi connectivity index (χ4v) is 9.56. The van der Waals surface area contributed by atoms with Crippen molar-refractivity contribution in [1.29, 1.82) is 0 Å². The third-order valence-corrected chi connectivity index (χ3v) is 13.2. The quantitative estimate of drug-likeness (QED) is 0.217. The number of aromatic nitrogens is 4. The van der Waals surface area contributed by atoms with Crippen LogP contribution in [0.5, 0.6) is 0 Å². The number of piperidine rings is 3. The number of imide groups is 1. The van der Waals surface area contributed by atoms with Gasteiger partial charge in [0.15, 0.2) is 0 Å². The van der Waals surface area contributed by atoms with E-state index in [0.717, 1.165) is 103 Å². The number of carbonyl (C=O) groups excluding carboxylic acids is 3. The van der Waals surface area contributed by atoms with Crippen molar-refractivity contribution in [2.24, 2.45) is 23.2 Å². The highest BCUT2D eigenvalue weighted by Gasteiger charge is 2.78. The lowest BCUT2D eigenvalue weighted by atomic mass is 9.87. The average molecular weight is 725 g/mol. The standard InChI is InChI=1S/C40H46F2N8O3/c1-39-20-32-29(19-33(39)40(39,41)42)36(47-46-32)31-17-25-3-5-27(18-30(25)44-31)48(2)38(53)24-11-13-49(14-12-24)22-23-9-15-50(16-10-23)34-7-4-26(21-43-34)28-6-8-35(51)45-37(28)52/h3-5,7,17-18,21,23-24,28,33,44H,6,8-16,19-20,22H2,1-2H3,(H,46,47)(H,45,51,52)/t28?,33-,39?/m0/s1. The van der Waals surface area contributed by atoms with E-state index in [-0.39, 0.29) is 29.6 Å². The van der Waals surface area contributed by atoms with Crippen LogP contribution >= 0.6 is 0 Å². The molecule has 3 amide bonds. The molecule has 13 heteroatoms. The molecule has 5 aliphatic rings. The number of H-pyrrole nitrogens is 2. The fourth-order valence-electron chi connectivity index (χ4n) is 9.56. The highest BCUT2D eigenvalue weighted by Crippen LogP contribution is 2.70. The SMILES string of the molecule is CN(C(=O)C1CCN(CC2CCN(c3ccc(C4CCC(=O)NC4=O)cn3)CC2)CC1)c1ccc2cc(-c3n[nH]c4c3C[C@@H]3C(F)(F)C3(C)C4)[nH]c2c1. The smallest absolute Gasteiger partial charge is 0.258 e. The number of hydrogen-bond acceptors (Lipinski definition) is 7. The van der Waals surface area contributed by atoms with Gasteiger partial charge in [-0.15, -0.1) is 0 Å². The summed E-state index contributed by atoms with van der Waals surface area (Å²) >= 11 is 0. The Morgan fingerprint density at radius 3 is 2.55 bits per heavy atom. The number of amides is 3. The number of benzene rings is 1. The molecule has 2 unspecified atom stereocenters. The largest absolute Gasteiger partial charge is 0.357 e. The summed E-state index contributed by atoms with van der Waals surface area (Å²) in [5.41, 5.74) is 4.78. The van der Waals surface area contributed by atoms with Crippen molar-refractivity contribution in [3.63, 3.8) is 0 Å². The molecule has 9 rings (SSSR count). The Balaban J connectivity index is 0.759. The minimum absolute atomic E-state index is 0.0240. The van der Waals surface area contributed by atoms with Gasteiger partial charge in [-0.3, -0.25) is 24.8 Å². The van der Waals surface area contributed by atoms with E-state index in [0.29, 0.717) is 37.3 Å². The Kier molecular flexibility index (Phi) is 8.21. The first-order chi connectivity index (χ1) is 25.5. The number of nitrogens with zero attached hydrogens (tertiary/aromatic N) is 5. The van der Waals surface area contributed by atoms with Crippen LogP contribution in [0.2, 0.25) is 0 Å². The average Bonchev–Trinajstić information content (AvgIpc) is 3.54. The molecule has 3 atom stereocenters. The van der Waals surface area contributed by atoms with Crippen molar-refractivity contribution in [3.05, 3.63) is 59.4 Å². The number of rotatable bonds is 7. The van der Waals surface area contributed by atoms with Crippen molar-refractivity contribution in [3.8, 4) is 11.4 Å². The van der Waals surface area contributed by atoms with Gasteiger partial charge in [0, 0.05) is 90.8 Å². The maximum atomic E-state index is 14.5. The first kappa shape index (κ1) is 34.1. The Labute approximate surface area is 306 Å². The van der Waals surface area contributed by atoms with Crippen LogP contribution < -0.4 is 15.1 Å². The highest BCUT2D eigenvalue weighted by atomic mass is 19.3. The molecule has 53 heavy (non-hydrogen) atoms. The first-order valence-electron chi connectivity index (χ1n) is 19.1. The second-order valence-corrected chi connectivity index (χ2v) is 16.3. The Morgan fingerprint density at radius 2 is 1.81 bits per heavy atom. The molecule has 3 saturated heterocycles. The highest BCUT2D eigenvalue weighted by molar-refractivity contribution is 6.01. The maximum Gasteiger partial charge on any atom is 0.258 e. The van der Waals surface area contributed by atoms with Crippen molar-refractivity contribution < 1.29 is 23.2 Å². The van der Waals surface area contributed by atoms with Crippen LogP contribution in [0.1, 0.15) is 68.2 Å². The Morgan fingerprint density at radius 1 is 1.02 bits per heavy atom. The molecule has 0 bridgehead atoms. The van der Waals surface area contributed by atoms with Gasteiger partial charge in [0.1, 0.15) is 11.5 Å². The molecule has 278 valence electrons. The molecule has 3 aliphatic heterocycles. The molecule has 3 aromatic heterocycles. The lowest BCUT2D eigenvalue weighted by molar-refractivity contribution is -0.134. The molecule has 0 spiro atoms. The second kappa shape index (κ2) is 12.7. The van der Waals surface area contributed by atoms with E-state index >= 15 is 0 Å². The van der Waals surface area contributed by atoms with Gasteiger partial charge in [-0.2, -0.15) is 5.10 Å². The summed E-state index contributed by atoms with van der Waals surface area (Å²) in [4.78, 5) is 52.2. The lowest BCUT2D eigenvalue weighted by Crippen LogP contribution is -2.44. The first-order valence-corrected chi connectivity index (χ1v) is 19.1. The number of pyridine rings is 1. The van der Waals surface area contributed by atoms with Crippen LogP contribution in [0.25, 0.3) is 22.3 Å². The number of alkyl halides is 2. The maximum absolute atomic E-state index is 14.5. The monoisotopic (exact) mass is 724 g/mol. The van der Waals surface area contributed by atoms with E-state index in [2.05, 4.69) is 35.3 Å². The predicted octanol–water partition coefficient (Wildman–Crippen LogP) is 5.43. The molecular weight excluding hydrogens is 678 g/mol. The summed E-state index contributed by atoms with van der Waals surface area (Å²) in [5, 5.41) is 11.0. The molecule has 6 heterocycles. The zero-order valence-electron chi connectivity index (χ0n) is 30.3. The molecule has 4 fully saturated rings. The molecule has 4 aromatic rings. The van der Waals surface area contributed by atoms with Gasteiger partial charge in [0.2, 0.25) is 17.7 Å². The number of hydrogen-bond donors (Lipinski definition) is 3. The van der Waals surface area contributed by atoms with Crippen LogP contribution in [0.4, 0.5) is 20.3 Å². The van der Waals surface area contributed by atoms with Crippen molar-refractivity contribution in [2.45, 2.75) is 70.1 Å². The minimum Gasteiger partial charge on any atom is -0.357 e. The molecule has 1 aromatic carbocycles. The van der Waals surface area contributed by atoms with Gasteiger partial charge in [-0.05, 0) is 87.4 Å². The summed E-state index contributed by atoms with van der Waals surface area (Å²) < 4.78 is 29.0. The Hall–Kier alpha value is -4.65. The normalized spacial score (nSPS) is 26.3. The van der Waals surface area contributed by atoms with Crippen LogP contribution in [0, 0.1) is 23.2 Å². The number of nitrogens with one attached hydrogen (secondary N) is 3. The van der Waals surface area contributed by atoms with E-state index in [9.17, 15) is 23.2 Å². The van der Waals surface area contributed by atoms with Gasteiger partial charge in [0.25, 0.3) is 5.92 Å². The number of carbonyl (C=O) groups is 3. The minimum atomic E-state index is -2.64. The zero-order chi connectivity index (χ0) is 36.6. The summed E-state index contributed by atoms with van der Waals surface area (Å²) in [6.45, 7) is 6.41. The van der Waals surface area contributed by atoms with Gasteiger partial charge in [0.05, 0.1) is 11.6 Å². The van der Waals surface area contributed by atoms with Crippen molar-refractivity contribution in [1.82, 2.24) is 30.4 Å². The van der Waals surface area contributed by atoms with Crippen molar-refractivity contribution in [2.75, 3.05) is 49.6 Å². The molecule has 1 saturated carbocycles. The molecule has 11 nitrogen and oxygen atoms in total. The summed E-state index contributed by atoms with van der Waals surface area (Å²) in [7, 11) is 1.85. The van der Waals surface area contributed by atoms with Gasteiger partial charge >= 0.3 is 0 Å². The van der Waals surface area contributed by atoms with E-state index in [1.165, 1.54) is 0 Å². The van der Waals surface area contributed by atoms with E-state index in [1.807, 2.05) is 43.4 Å². The molecule has 3 N–H and O–H groups in total. The van der Waals surface area contributed by atoms with E-state index in [1.54, 1.807) is 18.0 Å². The van der Waals surface area contributed by atoms with E-state index < -0.39 is 17.3 Å². The van der Waals surface area contributed by atoms with E-state index in [4.69, 9.17) is 0 Å². The number of fused-ring (bicyclic) bond motifs is 3. The third-order valence-electron chi connectivity index (χ3n) is 13.2. The van der Waals surface area contributed by atoms with Gasteiger partial charge in [-0.25, -0.2) is 13.8 Å². The second-order valence-electron chi connectivity index (χ2n) is 16.3. The Bertz CT molecular complexity index is 2080. The number of halogens is 2. The summed E-state index contributed by atoms with van der Waals surface area (Å²) in [6, 6.07) is 11.9. The van der Waals surface area contributed by atoms with Gasteiger partial charge in [-0.1, -0.05) is 19.1 Å². The molecule has 2 aliphatic carbocycles. The zero-order valence-corrected chi connectivity index (χ0v) is 30.3. The van der Waals surface area contributed by atoms with Gasteiger partial charge < -0.3 is 19.7 Å². The molecule has 0 radical (unpaired) electrons. The topological polar surface area (TPSA) is 130 Å². The fraction of sp³-hybridized carbons (Fsp3) is 0.525. The predicted molar refractivity (Wildman–Crippen MR) is 197 cm³/mol. The van der Waals surface area contributed by atoms with Crippen LogP contribution in [-0.2, 0) is 27.2 Å². The number of anilines is 2. The molecular formula is C40H46F2N8O3. The van der Waals surface area contributed by atoms with Crippen LogP contribution in [0.15, 0.2) is 42.6 Å². The summed E-state index contributed by atoms with van der Waals surface area (Å²) in [5.74, 6) is -2.40. The lowest BCUT2D eigenvalue weighted by Gasteiger charge is -2.38. The third kappa shape index (κ3) is 5.91. The number of aromatic amines is 2.